The standard InChI is InChI=1S/C5Cl11/c6-2(7,5(14,15)16)1(3(8,9)10)4(11,12)13. The zero-order chi connectivity index (χ0) is 13.6. The van der Waals surface area contributed by atoms with E-state index >= 15 is 0 Å². The number of hydrogen-bond acceptors (Lipinski definition) is 0. The van der Waals surface area contributed by atoms with Crippen molar-refractivity contribution in [3.05, 3.63) is 5.92 Å². The molecule has 0 bridgehead atoms. The first kappa shape index (κ1) is 19.2. The van der Waals surface area contributed by atoms with Crippen LogP contribution in [-0.2, 0) is 0 Å². The van der Waals surface area contributed by atoms with E-state index < -0.39 is 21.6 Å². The molecule has 0 aromatic carbocycles. The summed E-state index contributed by atoms with van der Waals surface area (Å²) in [6, 6.07) is 0. The minimum absolute atomic E-state index is 0.606. The summed E-state index contributed by atoms with van der Waals surface area (Å²) in [4.78, 5) is 0. The second-order valence-corrected chi connectivity index (χ2v) is 10.6. The quantitative estimate of drug-likeness (QED) is 0.384. The Labute approximate surface area is 148 Å². The Balaban J connectivity index is 5.57. The van der Waals surface area contributed by atoms with Crippen LogP contribution < -0.4 is 0 Å². The molecule has 16 heavy (non-hydrogen) atoms. The van der Waals surface area contributed by atoms with Gasteiger partial charge in [-0.15, -0.1) is 0 Å². The maximum absolute atomic E-state index is 5.77. The molecule has 0 aliphatic heterocycles. The zero-order valence-corrected chi connectivity index (χ0v) is 15.0. The van der Waals surface area contributed by atoms with Crippen LogP contribution in [-0.4, -0.2) is 15.7 Å². The molecule has 0 aromatic heterocycles. The molecule has 0 N–H and O–H groups in total. The van der Waals surface area contributed by atoms with Gasteiger partial charge in [-0.2, -0.15) is 0 Å². The molecule has 0 rings (SSSR count). The normalized spacial score (nSPS) is 15.8. The average molecular weight is 450 g/mol. The van der Waals surface area contributed by atoms with Crippen LogP contribution in [0.4, 0.5) is 0 Å². The van der Waals surface area contributed by atoms with Crippen molar-refractivity contribution >= 4 is 128 Å². The number of halogens is 11. The summed E-state index contributed by atoms with van der Waals surface area (Å²) in [5.41, 5.74) is 0. The summed E-state index contributed by atoms with van der Waals surface area (Å²) in [5.74, 6) is -0.606. The molecule has 0 aliphatic rings. The van der Waals surface area contributed by atoms with Gasteiger partial charge in [0.15, 0.2) is 4.33 Å². The molecule has 0 saturated carbocycles. The maximum Gasteiger partial charge on any atom is 0.223 e. The number of hydrogen-bond donors (Lipinski definition) is 0. The van der Waals surface area contributed by atoms with E-state index in [1.165, 1.54) is 0 Å². The van der Waals surface area contributed by atoms with Crippen molar-refractivity contribution in [2.24, 2.45) is 0 Å². The molecule has 0 heterocycles. The van der Waals surface area contributed by atoms with Crippen LogP contribution in [0.3, 0.4) is 0 Å². The van der Waals surface area contributed by atoms with Crippen LogP contribution in [0.25, 0.3) is 0 Å². The first-order chi connectivity index (χ1) is 6.62. The number of rotatable bonds is 1. The van der Waals surface area contributed by atoms with Crippen molar-refractivity contribution in [2.45, 2.75) is 15.7 Å². The summed E-state index contributed by atoms with van der Waals surface area (Å²) >= 11 is 61.5. The molecule has 0 nitrogen and oxygen atoms in total. The van der Waals surface area contributed by atoms with Crippen molar-refractivity contribution in [1.29, 1.82) is 0 Å². The summed E-state index contributed by atoms with van der Waals surface area (Å²) in [6.07, 6.45) is 0. The minimum Gasteiger partial charge on any atom is -0.0958 e. The van der Waals surface area contributed by atoms with Crippen LogP contribution in [0.15, 0.2) is 0 Å². The fourth-order valence-electron chi connectivity index (χ4n) is 0.658. The molecule has 0 amide bonds. The molecule has 0 fully saturated rings. The van der Waals surface area contributed by atoms with Gasteiger partial charge in [0.1, 0.15) is 5.92 Å². The lowest BCUT2D eigenvalue weighted by atomic mass is 10.1. The Morgan fingerprint density at radius 2 is 0.750 bits per heavy atom. The van der Waals surface area contributed by atoms with Crippen molar-refractivity contribution < 1.29 is 0 Å². The monoisotopic (exact) mass is 445 g/mol. The van der Waals surface area contributed by atoms with Crippen LogP contribution >= 0.6 is 128 Å². The summed E-state index contributed by atoms with van der Waals surface area (Å²) in [7, 11) is 0. The second-order valence-electron chi connectivity index (χ2n) is 2.44. The van der Waals surface area contributed by atoms with Gasteiger partial charge in [-0.1, -0.05) is 128 Å². The van der Waals surface area contributed by atoms with Gasteiger partial charge in [0.05, 0.1) is 0 Å². The van der Waals surface area contributed by atoms with E-state index in [2.05, 4.69) is 0 Å². The van der Waals surface area contributed by atoms with Crippen molar-refractivity contribution in [3.8, 4) is 0 Å². The summed E-state index contributed by atoms with van der Waals surface area (Å²) < 4.78 is -9.05. The lowest BCUT2D eigenvalue weighted by Crippen LogP contribution is -2.49. The SMILES string of the molecule is ClC(Cl)(Cl)[C](C(Cl)(Cl)Cl)C(Cl)(Cl)C(Cl)(Cl)Cl. The molecule has 0 atom stereocenters. The van der Waals surface area contributed by atoms with Crippen molar-refractivity contribution in [1.82, 2.24) is 0 Å². The molecule has 11 heteroatoms. The third-order valence-corrected chi connectivity index (χ3v) is 4.75. The molecular formula is C5Cl11. The Bertz CT molecular complexity index is 225. The highest BCUT2D eigenvalue weighted by molar-refractivity contribution is 6.81. The fraction of sp³-hybridized carbons (Fsp3) is 0.800. The predicted molar refractivity (Wildman–Crippen MR) is 78.5 cm³/mol. The van der Waals surface area contributed by atoms with Crippen LogP contribution in [0.5, 0.6) is 0 Å². The first-order valence-corrected chi connectivity index (χ1v) is 7.24. The zero-order valence-electron chi connectivity index (χ0n) is 6.66. The van der Waals surface area contributed by atoms with E-state index in [1.807, 2.05) is 0 Å². The van der Waals surface area contributed by atoms with Gasteiger partial charge in [0.2, 0.25) is 11.4 Å². The second kappa shape index (κ2) is 5.90. The third kappa shape index (κ3) is 4.94. The van der Waals surface area contributed by atoms with Crippen LogP contribution in [0, 0.1) is 5.92 Å². The smallest absolute Gasteiger partial charge is 0.0958 e. The summed E-state index contributed by atoms with van der Waals surface area (Å²) in [5, 5.41) is 0. The Hall–Kier alpha value is 3.19. The van der Waals surface area contributed by atoms with Gasteiger partial charge in [-0.05, 0) is 0 Å². The summed E-state index contributed by atoms with van der Waals surface area (Å²) in [6.45, 7) is 0. The molecule has 0 unspecified atom stereocenters. The van der Waals surface area contributed by atoms with E-state index in [-0.39, 0.29) is 0 Å². The van der Waals surface area contributed by atoms with E-state index in [9.17, 15) is 0 Å². The third-order valence-electron chi connectivity index (χ3n) is 1.24. The molecule has 0 aliphatic carbocycles. The van der Waals surface area contributed by atoms with E-state index in [0.717, 1.165) is 0 Å². The Morgan fingerprint density at radius 1 is 0.500 bits per heavy atom. The van der Waals surface area contributed by atoms with Gasteiger partial charge >= 0.3 is 0 Å². The molecule has 0 saturated heterocycles. The van der Waals surface area contributed by atoms with Crippen molar-refractivity contribution in [3.63, 3.8) is 0 Å². The van der Waals surface area contributed by atoms with E-state index in [1.54, 1.807) is 0 Å². The highest BCUT2D eigenvalue weighted by Gasteiger charge is 2.65. The Kier molecular flexibility index (Phi) is 7.07. The largest absolute Gasteiger partial charge is 0.223 e. The van der Waals surface area contributed by atoms with Crippen LogP contribution in [0.1, 0.15) is 0 Å². The molecular weight excluding hydrogens is 450 g/mol. The van der Waals surface area contributed by atoms with E-state index in [4.69, 9.17) is 128 Å². The van der Waals surface area contributed by atoms with Gasteiger partial charge in [0, 0.05) is 0 Å². The van der Waals surface area contributed by atoms with Gasteiger partial charge in [-0.25, -0.2) is 0 Å². The molecule has 0 spiro atoms. The fourth-order valence-corrected chi connectivity index (χ4v) is 4.23. The molecule has 1 radical (unpaired) electrons. The van der Waals surface area contributed by atoms with Crippen LogP contribution in [0.2, 0.25) is 0 Å². The van der Waals surface area contributed by atoms with Gasteiger partial charge < -0.3 is 0 Å². The van der Waals surface area contributed by atoms with E-state index in [0.29, 0.717) is 0 Å². The number of alkyl halides is 11. The predicted octanol–water partition coefficient (Wildman–Crippen LogP) is 6.85. The lowest BCUT2D eigenvalue weighted by Gasteiger charge is -2.41. The van der Waals surface area contributed by atoms with Crippen molar-refractivity contribution in [2.75, 3.05) is 0 Å². The average Bonchev–Trinajstić information content (AvgIpc) is 1.72. The van der Waals surface area contributed by atoms with Gasteiger partial charge in [0.25, 0.3) is 0 Å². The highest BCUT2D eigenvalue weighted by Crippen LogP contribution is 2.64. The Morgan fingerprint density at radius 3 is 0.812 bits per heavy atom. The lowest BCUT2D eigenvalue weighted by molar-refractivity contribution is 0.730. The maximum atomic E-state index is 5.77. The first-order valence-electron chi connectivity index (χ1n) is 3.08. The van der Waals surface area contributed by atoms with Gasteiger partial charge in [-0.3, -0.25) is 0 Å². The topological polar surface area (TPSA) is 0 Å². The molecule has 97 valence electrons. The molecule has 0 aromatic rings. The highest BCUT2D eigenvalue weighted by atomic mass is 35.6. The minimum atomic E-state index is -2.31.